The number of hydrogen-bond acceptors (Lipinski definition) is 6. The van der Waals surface area contributed by atoms with E-state index in [1.165, 1.54) is 14.2 Å². The van der Waals surface area contributed by atoms with Crippen molar-refractivity contribution in [2.24, 2.45) is 0 Å². The summed E-state index contributed by atoms with van der Waals surface area (Å²) in [5.74, 6) is 0.257. The van der Waals surface area contributed by atoms with Crippen LogP contribution in [-0.2, 0) is 9.59 Å². The van der Waals surface area contributed by atoms with Crippen molar-refractivity contribution >= 4 is 43.8 Å². The standard InChI is InChI=1S/C18H16Br2O6/c1-23-15-9-11(19)3-5-13(15)25-17(21)7-8-18(22)26-14-6-4-12(20)10-16(14)24-2/h3-6,9-10H,7-8H2,1-2H3. The molecule has 26 heavy (non-hydrogen) atoms. The first-order valence-corrected chi connectivity index (χ1v) is 9.10. The summed E-state index contributed by atoms with van der Waals surface area (Å²) >= 11 is 6.61. The summed E-state index contributed by atoms with van der Waals surface area (Å²) in [6, 6.07) is 10.0. The van der Waals surface area contributed by atoms with E-state index in [1.54, 1.807) is 36.4 Å². The maximum atomic E-state index is 12.0. The minimum absolute atomic E-state index is 0.128. The maximum absolute atomic E-state index is 12.0. The zero-order chi connectivity index (χ0) is 19.1. The molecule has 8 heteroatoms. The molecule has 0 aliphatic carbocycles. The van der Waals surface area contributed by atoms with E-state index in [4.69, 9.17) is 18.9 Å². The van der Waals surface area contributed by atoms with Gasteiger partial charge in [0.05, 0.1) is 27.1 Å². The second kappa shape index (κ2) is 9.59. The third kappa shape index (κ3) is 5.74. The lowest BCUT2D eigenvalue weighted by Crippen LogP contribution is -2.14. The molecule has 6 nitrogen and oxygen atoms in total. The van der Waals surface area contributed by atoms with Gasteiger partial charge in [-0.05, 0) is 36.4 Å². The van der Waals surface area contributed by atoms with Crippen LogP contribution in [0.25, 0.3) is 0 Å². The molecule has 0 atom stereocenters. The van der Waals surface area contributed by atoms with Crippen LogP contribution in [0.15, 0.2) is 45.3 Å². The molecule has 0 aromatic heterocycles. The van der Waals surface area contributed by atoms with Crippen LogP contribution >= 0.6 is 31.9 Å². The number of methoxy groups -OCH3 is 2. The van der Waals surface area contributed by atoms with E-state index >= 15 is 0 Å². The number of halogens is 2. The normalized spacial score (nSPS) is 10.2. The van der Waals surface area contributed by atoms with E-state index in [9.17, 15) is 9.59 Å². The quantitative estimate of drug-likeness (QED) is 0.422. The average Bonchev–Trinajstić information content (AvgIpc) is 2.62. The number of carbonyl (C=O) groups is 2. The number of rotatable bonds is 7. The molecule has 0 saturated heterocycles. The van der Waals surface area contributed by atoms with Gasteiger partial charge in [0.25, 0.3) is 0 Å². The van der Waals surface area contributed by atoms with E-state index in [1.807, 2.05) is 0 Å². The van der Waals surface area contributed by atoms with Crippen LogP contribution in [0.5, 0.6) is 23.0 Å². The van der Waals surface area contributed by atoms with Gasteiger partial charge in [-0.2, -0.15) is 0 Å². The number of benzene rings is 2. The minimum Gasteiger partial charge on any atom is -0.493 e. The Hall–Kier alpha value is -2.06. The topological polar surface area (TPSA) is 71.1 Å². The van der Waals surface area contributed by atoms with Crippen molar-refractivity contribution in [1.29, 1.82) is 0 Å². The third-order valence-corrected chi connectivity index (χ3v) is 4.22. The molecule has 0 N–H and O–H groups in total. The summed E-state index contributed by atoms with van der Waals surface area (Å²) in [7, 11) is 2.95. The number of esters is 2. The van der Waals surface area contributed by atoms with Gasteiger partial charge in [-0.3, -0.25) is 9.59 Å². The fourth-order valence-electron chi connectivity index (χ4n) is 2.00. The SMILES string of the molecule is COc1cc(Br)ccc1OC(=O)CCC(=O)Oc1ccc(Br)cc1OC. The Balaban J connectivity index is 1.90. The summed E-state index contributed by atoms with van der Waals surface area (Å²) in [5, 5.41) is 0. The van der Waals surface area contributed by atoms with Gasteiger partial charge < -0.3 is 18.9 Å². The van der Waals surface area contributed by atoms with Crippen molar-refractivity contribution in [2.75, 3.05) is 14.2 Å². The second-order valence-corrected chi connectivity index (χ2v) is 6.87. The molecule has 2 rings (SSSR count). The van der Waals surface area contributed by atoms with Crippen molar-refractivity contribution in [3.05, 3.63) is 45.3 Å². The molecule has 0 fully saturated rings. The highest BCUT2D eigenvalue weighted by molar-refractivity contribution is 9.10. The summed E-state index contributed by atoms with van der Waals surface area (Å²) in [4.78, 5) is 23.9. The van der Waals surface area contributed by atoms with Gasteiger partial charge in [0, 0.05) is 8.95 Å². The third-order valence-electron chi connectivity index (χ3n) is 3.23. The molecular formula is C18H16Br2O6. The summed E-state index contributed by atoms with van der Waals surface area (Å²) in [6.45, 7) is 0. The zero-order valence-electron chi connectivity index (χ0n) is 14.1. The van der Waals surface area contributed by atoms with Gasteiger partial charge in [-0.25, -0.2) is 0 Å². The minimum atomic E-state index is -0.564. The molecule has 0 saturated carbocycles. The highest BCUT2D eigenvalue weighted by Gasteiger charge is 2.15. The van der Waals surface area contributed by atoms with Crippen molar-refractivity contribution in [2.45, 2.75) is 12.8 Å². The van der Waals surface area contributed by atoms with E-state index in [-0.39, 0.29) is 24.3 Å². The maximum Gasteiger partial charge on any atom is 0.311 e. The van der Waals surface area contributed by atoms with Gasteiger partial charge in [0.2, 0.25) is 0 Å². The lowest BCUT2D eigenvalue weighted by atomic mass is 10.3. The van der Waals surface area contributed by atoms with E-state index in [0.29, 0.717) is 11.5 Å². The van der Waals surface area contributed by atoms with Crippen LogP contribution < -0.4 is 18.9 Å². The number of carbonyl (C=O) groups excluding carboxylic acids is 2. The highest BCUT2D eigenvalue weighted by atomic mass is 79.9. The Morgan fingerprint density at radius 3 is 1.46 bits per heavy atom. The van der Waals surface area contributed by atoms with E-state index < -0.39 is 11.9 Å². The first-order valence-electron chi connectivity index (χ1n) is 7.51. The molecule has 0 radical (unpaired) electrons. The Morgan fingerprint density at radius 2 is 1.12 bits per heavy atom. The lowest BCUT2D eigenvalue weighted by Gasteiger charge is -2.10. The summed E-state index contributed by atoms with van der Waals surface area (Å²) < 4.78 is 22.3. The molecule has 0 aliphatic heterocycles. The molecule has 2 aromatic carbocycles. The molecule has 2 aromatic rings. The molecule has 0 aliphatic rings. The van der Waals surface area contributed by atoms with E-state index in [0.717, 1.165) is 8.95 Å². The molecule has 0 unspecified atom stereocenters. The van der Waals surface area contributed by atoms with Crippen molar-refractivity contribution in [1.82, 2.24) is 0 Å². The fourth-order valence-corrected chi connectivity index (χ4v) is 2.68. The van der Waals surface area contributed by atoms with Crippen molar-refractivity contribution in [3.8, 4) is 23.0 Å². The van der Waals surface area contributed by atoms with E-state index in [2.05, 4.69) is 31.9 Å². The van der Waals surface area contributed by atoms with Crippen molar-refractivity contribution in [3.63, 3.8) is 0 Å². The molecule has 0 amide bonds. The Morgan fingerprint density at radius 1 is 0.731 bits per heavy atom. The largest absolute Gasteiger partial charge is 0.493 e. The molecular weight excluding hydrogens is 472 g/mol. The Labute approximate surface area is 167 Å². The molecule has 0 bridgehead atoms. The van der Waals surface area contributed by atoms with Crippen LogP contribution in [-0.4, -0.2) is 26.2 Å². The first kappa shape index (κ1) is 20.3. The fraction of sp³-hybridized carbons (Fsp3) is 0.222. The highest BCUT2D eigenvalue weighted by Crippen LogP contribution is 2.31. The predicted octanol–water partition coefficient (Wildman–Crippen LogP) is 4.52. The van der Waals surface area contributed by atoms with Gasteiger partial charge in [0.15, 0.2) is 23.0 Å². The molecule has 0 heterocycles. The van der Waals surface area contributed by atoms with Crippen LogP contribution in [0.2, 0.25) is 0 Å². The Kier molecular flexibility index (Phi) is 7.47. The number of ether oxygens (including phenoxy) is 4. The molecule has 0 spiro atoms. The monoisotopic (exact) mass is 486 g/mol. The van der Waals surface area contributed by atoms with Gasteiger partial charge in [-0.1, -0.05) is 31.9 Å². The first-order chi connectivity index (χ1) is 12.4. The van der Waals surface area contributed by atoms with Gasteiger partial charge in [-0.15, -0.1) is 0 Å². The second-order valence-electron chi connectivity index (χ2n) is 5.04. The predicted molar refractivity (Wildman–Crippen MR) is 102 cm³/mol. The smallest absolute Gasteiger partial charge is 0.311 e. The van der Waals surface area contributed by atoms with Crippen molar-refractivity contribution < 1.29 is 28.5 Å². The van der Waals surface area contributed by atoms with Gasteiger partial charge >= 0.3 is 11.9 Å². The zero-order valence-corrected chi connectivity index (χ0v) is 17.3. The van der Waals surface area contributed by atoms with Crippen LogP contribution in [0.4, 0.5) is 0 Å². The average molecular weight is 488 g/mol. The molecule has 138 valence electrons. The van der Waals surface area contributed by atoms with Gasteiger partial charge in [0.1, 0.15) is 0 Å². The van der Waals surface area contributed by atoms with Crippen LogP contribution in [0, 0.1) is 0 Å². The summed E-state index contributed by atoms with van der Waals surface area (Å²) in [5.41, 5.74) is 0. The number of hydrogen-bond donors (Lipinski definition) is 0. The Bertz CT molecular complexity index is 739. The van der Waals surface area contributed by atoms with Crippen LogP contribution in [0.3, 0.4) is 0 Å². The lowest BCUT2D eigenvalue weighted by molar-refractivity contribution is -0.140. The van der Waals surface area contributed by atoms with Crippen LogP contribution in [0.1, 0.15) is 12.8 Å². The summed E-state index contributed by atoms with van der Waals surface area (Å²) in [6.07, 6.45) is -0.256.